The summed E-state index contributed by atoms with van der Waals surface area (Å²) < 4.78 is 49.0. The van der Waals surface area contributed by atoms with Gasteiger partial charge in [0.05, 0.1) is 17.8 Å². The summed E-state index contributed by atoms with van der Waals surface area (Å²) in [7, 11) is 0. The average molecular weight is 586 g/mol. The van der Waals surface area contributed by atoms with Gasteiger partial charge in [-0.3, -0.25) is 9.59 Å². The van der Waals surface area contributed by atoms with Crippen LogP contribution in [0.5, 0.6) is 11.5 Å². The van der Waals surface area contributed by atoms with Gasteiger partial charge in [0.15, 0.2) is 0 Å². The summed E-state index contributed by atoms with van der Waals surface area (Å²) >= 11 is 0. The molecule has 0 atom stereocenters. The molecule has 1 fully saturated rings. The monoisotopic (exact) mass is 585 g/mol. The molecule has 0 saturated heterocycles. The van der Waals surface area contributed by atoms with Crippen LogP contribution >= 0.6 is 0 Å². The number of hydrogen-bond acceptors (Lipinski definition) is 4. The quantitative estimate of drug-likeness (QED) is 0.243. The van der Waals surface area contributed by atoms with E-state index in [1.807, 2.05) is 32.0 Å². The average Bonchev–Trinajstić information content (AvgIpc) is 3.48. The number of halogens is 3. The standard InChI is InChI=1S/C34H30F3N3O3/c1-21-10-11-25(22(2)16-21)20-40-31(18-30(34(35,36)37)29(19-38)33(40)42)23-12-14-27(15-13-23)43-28-9-5-6-24(17-28)32(41)39-26-7-3-4-8-26/h5-6,9-18,26H,3-4,7-8,20H2,1-2H3,(H,39,41). The van der Waals surface area contributed by atoms with Crippen molar-refractivity contribution >= 4 is 5.91 Å². The fourth-order valence-electron chi connectivity index (χ4n) is 5.44. The van der Waals surface area contributed by atoms with E-state index in [0.29, 0.717) is 22.6 Å². The minimum absolute atomic E-state index is 0.0128. The van der Waals surface area contributed by atoms with Crippen molar-refractivity contribution < 1.29 is 22.7 Å². The van der Waals surface area contributed by atoms with Crippen LogP contribution in [0, 0.1) is 25.2 Å². The first-order valence-corrected chi connectivity index (χ1v) is 14.0. The van der Waals surface area contributed by atoms with Gasteiger partial charge in [0, 0.05) is 11.6 Å². The third-order valence-electron chi connectivity index (χ3n) is 7.72. The van der Waals surface area contributed by atoms with E-state index in [4.69, 9.17) is 4.74 Å². The molecule has 5 rings (SSSR count). The predicted molar refractivity (Wildman–Crippen MR) is 157 cm³/mol. The second-order valence-corrected chi connectivity index (χ2v) is 10.9. The van der Waals surface area contributed by atoms with Crippen molar-refractivity contribution in [2.75, 3.05) is 0 Å². The van der Waals surface area contributed by atoms with E-state index in [2.05, 4.69) is 5.32 Å². The third-order valence-corrected chi connectivity index (χ3v) is 7.72. The van der Waals surface area contributed by atoms with Gasteiger partial charge in [-0.2, -0.15) is 18.4 Å². The molecular formula is C34H30F3N3O3. The van der Waals surface area contributed by atoms with Crippen LogP contribution in [0.2, 0.25) is 0 Å². The maximum absolute atomic E-state index is 13.9. The molecule has 43 heavy (non-hydrogen) atoms. The Morgan fingerprint density at radius 3 is 2.37 bits per heavy atom. The molecule has 1 heterocycles. The van der Waals surface area contributed by atoms with Crippen LogP contribution in [0.25, 0.3) is 11.3 Å². The lowest BCUT2D eigenvalue weighted by Crippen LogP contribution is -2.32. The number of amides is 1. The van der Waals surface area contributed by atoms with Crippen molar-refractivity contribution in [2.45, 2.75) is 58.3 Å². The first-order chi connectivity index (χ1) is 20.5. The SMILES string of the molecule is Cc1ccc(Cn2c(-c3ccc(Oc4cccc(C(=O)NC5CCCC5)c4)cc3)cc(C(F)(F)F)c(C#N)c2=O)c(C)c1. The number of pyridine rings is 1. The number of nitriles is 1. The number of benzene rings is 3. The third kappa shape index (κ3) is 6.64. The highest BCUT2D eigenvalue weighted by Gasteiger charge is 2.36. The Morgan fingerprint density at radius 2 is 1.72 bits per heavy atom. The Labute approximate surface area is 247 Å². The molecule has 220 valence electrons. The maximum Gasteiger partial charge on any atom is 0.417 e. The van der Waals surface area contributed by atoms with Crippen molar-refractivity contribution in [1.82, 2.24) is 9.88 Å². The molecule has 1 aliphatic rings. The summed E-state index contributed by atoms with van der Waals surface area (Å²) in [6, 6.07) is 21.2. The highest BCUT2D eigenvalue weighted by atomic mass is 19.4. The van der Waals surface area contributed by atoms with Gasteiger partial charge in [0.1, 0.15) is 23.1 Å². The molecule has 0 unspecified atom stereocenters. The number of aromatic nitrogens is 1. The summed E-state index contributed by atoms with van der Waals surface area (Å²) in [4.78, 5) is 26.0. The molecule has 1 aliphatic carbocycles. The minimum atomic E-state index is -4.89. The highest BCUT2D eigenvalue weighted by Crippen LogP contribution is 2.35. The van der Waals surface area contributed by atoms with E-state index in [1.54, 1.807) is 48.5 Å². The number of ether oxygens (including phenoxy) is 1. The minimum Gasteiger partial charge on any atom is -0.457 e. The zero-order chi connectivity index (χ0) is 30.7. The van der Waals surface area contributed by atoms with Crippen LogP contribution in [0.3, 0.4) is 0 Å². The predicted octanol–water partition coefficient (Wildman–Crippen LogP) is 7.54. The highest BCUT2D eigenvalue weighted by molar-refractivity contribution is 5.94. The fourth-order valence-corrected chi connectivity index (χ4v) is 5.44. The molecule has 0 bridgehead atoms. The van der Waals surface area contributed by atoms with Crippen LogP contribution in [0.4, 0.5) is 13.2 Å². The maximum atomic E-state index is 13.9. The molecule has 0 aliphatic heterocycles. The number of aryl methyl sites for hydroxylation is 2. The smallest absolute Gasteiger partial charge is 0.417 e. The van der Waals surface area contributed by atoms with Gasteiger partial charge in [0.2, 0.25) is 0 Å². The Bertz CT molecular complexity index is 1760. The van der Waals surface area contributed by atoms with Gasteiger partial charge in [0.25, 0.3) is 11.5 Å². The van der Waals surface area contributed by atoms with Gasteiger partial charge < -0.3 is 14.6 Å². The number of carbonyl (C=O) groups excluding carboxylic acids is 1. The zero-order valence-corrected chi connectivity index (χ0v) is 23.8. The summed E-state index contributed by atoms with van der Waals surface area (Å²) in [5.74, 6) is 0.650. The second kappa shape index (κ2) is 12.2. The summed E-state index contributed by atoms with van der Waals surface area (Å²) in [5, 5.41) is 12.5. The van der Waals surface area contributed by atoms with Gasteiger partial charge in [-0.1, -0.05) is 42.7 Å². The number of rotatable bonds is 7. The van der Waals surface area contributed by atoms with E-state index in [1.165, 1.54) is 10.6 Å². The van der Waals surface area contributed by atoms with E-state index in [0.717, 1.165) is 48.4 Å². The molecule has 1 N–H and O–H groups in total. The Morgan fingerprint density at radius 1 is 1.00 bits per heavy atom. The molecule has 1 amide bonds. The van der Waals surface area contributed by atoms with E-state index in [9.17, 15) is 28.0 Å². The number of alkyl halides is 3. The summed E-state index contributed by atoms with van der Waals surface area (Å²) in [5.41, 5.74) is 0.220. The van der Waals surface area contributed by atoms with Crippen molar-refractivity contribution in [3.05, 3.63) is 117 Å². The van der Waals surface area contributed by atoms with Crippen LogP contribution in [-0.4, -0.2) is 16.5 Å². The topological polar surface area (TPSA) is 84.1 Å². The molecule has 6 nitrogen and oxygen atoms in total. The lowest BCUT2D eigenvalue weighted by Gasteiger charge is -2.19. The van der Waals surface area contributed by atoms with Gasteiger partial charge in [-0.05, 0) is 91.9 Å². The number of hydrogen-bond donors (Lipinski definition) is 1. The molecule has 3 aromatic carbocycles. The largest absolute Gasteiger partial charge is 0.457 e. The molecule has 0 radical (unpaired) electrons. The molecule has 1 aromatic heterocycles. The van der Waals surface area contributed by atoms with Crippen LogP contribution < -0.4 is 15.6 Å². The normalized spacial score (nSPS) is 13.5. The van der Waals surface area contributed by atoms with Gasteiger partial charge >= 0.3 is 6.18 Å². The van der Waals surface area contributed by atoms with Crippen molar-refractivity contribution in [3.63, 3.8) is 0 Å². The first-order valence-electron chi connectivity index (χ1n) is 14.0. The molecule has 9 heteroatoms. The van der Waals surface area contributed by atoms with Crippen molar-refractivity contribution in [2.24, 2.45) is 0 Å². The van der Waals surface area contributed by atoms with Gasteiger partial charge in [-0.15, -0.1) is 0 Å². The van der Waals surface area contributed by atoms with Crippen molar-refractivity contribution in [1.29, 1.82) is 5.26 Å². The van der Waals surface area contributed by atoms with Crippen LogP contribution in [-0.2, 0) is 12.7 Å². The lowest BCUT2D eigenvalue weighted by atomic mass is 10.0. The van der Waals surface area contributed by atoms with Gasteiger partial charge in [-0.25, -0.2) is 0 Å². The van der Waals surface area contributed by atoms with E-state index < -0.39 is 22.9 Å². The van der Waals surface area contributed by atoms with E-state index >= 15 is 0 Å². The van der Waals surface area contributed by atoms with Crippen LogP contribution in [0.1, 0.15) is 63.9 Å². The van der Waals surface area contributed by atoms with E-state index in [-0.39, 0.29) is 24.2 Å². The lowest BCUT2D eigenvalue weighted by molar-refractivity contribution is -0.137. The Kier molecular flexibility index (Phi) is 8.40. The summed E-state index contributed by atoms with van der Waals surface area (Å²) in [6.07, 6.45) is -0.750. The second-order valence-electron chi connectivity index (χ2n) is 10.9. The molecule has 0 spiro atoms. The first kappa shape index (κ1) is 29.6. The van der Waals surface area contributed by atoms with Crippen LogP contribution in [0.15, 0.2) is 77.6 Å². The molecular weight excluding hydrogens is 555 g/mol. The fraction of sp³-hybridized carbons (Fsp3) is 0.265. The summed E-state index contributed by atoms with van der Waals surface area (Å²) in [6.45, 7) is 3.77. The zero-order valence-electron chi connectivity index (χ0n) is 23.8. The number of nitrogens with zero attached hydrogens (tertiary/aromatic N) is 2. The molecule has 4 aromatic rings. The molecule has 1 saturated carbocycles. The van der Waals surface area contributed by atoms with Crippen molar-refractivity contribution in [3.8, 4) is 28.8 Å². The Balaban J connectivity index is 1.47. The number of carbonyl (C=O) groups is 1. The Hall–Kier alpha value is -4.84. The number of nitrogens with one attached hydrogen (secondary N) is 1.